The van der Waals surface area contributed by atoms with E-state index in [-0.39, 0.29) is 17.2 Å². The van der Waals surface area contributed by atoms with E-state index in [0.717, 1.165) is 6.07 Å². The van der Waals surface area contributed by atoms with E-state index in [9.17, 15) is 18.3 Å². The molecule has 0 aromatic heterocycles. The normalized spacial score (nSPS) is 21.8. The van der Waals surface area contributed by atoms with Gasteiger partial charge in [-0.25, -0.2) is 4.39 Å². The first-order chi connectivity index (χ1) is 8.94. The zero-order valence-electron chi connectivity index (χ0n) is 9.91. The number of halogens is 3. The summed E-state index contributed by atoms with van der Waals surface area (Å²) in [6, 6.07) is 2.11. The molecular formula is C12H12F3NO3. The number of fused-ring (bicyclic) bond motifs is 1. The predicted molar refractivity (Wildman–Crippen MR) is 60.1 cm³/mol. The Labute approximate surface area is 107 Å². The smallest absolute Gasteiger partial charge is 0.395 e. The van der Waals surface area contributed by atoms with Gasteiger partial charge in [-0.05, 0) is 12.8 Å². The molecule has 2 aliphatic heterocycles. The van der Waals surface area contributed by atoms with Crippen LogP contribution < -0.4 is 14.4 Å². The molecule has 2 heterocycles. The number of piperidine rings is 1. The lowest BCUT2D eigenvalue weighted by Gasteiger charge is -2.31. The minimum absolute atomic E-state index is 0.174. The largest absolute Gasteiger partial charge is 0.586 e. The van der Waals surface area contributed by atoms with Gasteiger partial charge >= 0.3 is 6.29 Å². The van der Waals surface area contributed by atoms with Crippen molar-refractivity contribution in [1.29, 1.82) is 0 Å². The number of aliphatic hydroxyl groups excluding tert-OH is 1. The van der Waals surface area contributed by atoms with Crippen molar-refractivity contribution in [3.8, 4) is 11.5 Å². The molecule has 2 aliphatic rings. The third-order valence-electron chi connectivity index (χ3n) is 3.28. The number of hydrogen-bond donors (Lipinski definition) is 1. The summed E-state index contributed by atoms with van der Waals surface area (Å²) in [4.78, 5) is 1.70. The molecule has 0 bridgehead atoms. The first-order valence-electron chi connectivity index (χ1n) is 5.97. The lowest BCUT2D eigenvalue weighted by Crippen LogP contribution is -2.36. The van der Waals surface area contributed by atoms with E-state index in [1.54, 1.807) is 4.90 Å². The van der Waals surface area contributed by atoms with Crippen molar-refractivity contribution in [2.75, 3.05) is 18.0 Å². The zero-order chi connectivity index (χ0) is 13.6. The second-order valence-corrected chi connectivity index (χ2v) is 4.64. The molecule has 4 nitrogen and oxygen atoms in total. The van der Waals surface area contributed by atoms with E-state index in [4.69, 9.17) is 0 Å². The number of hydrogen-bond acceptors (Lipinski definition) is 4. The van der Waals surface area contributed by atoms with Crippen LogP contribution in [-0.2, 0) is 0 Å². The van der Waals surface area contributed by atoms with Gasteiger partial charge in [0, 0.05) is 25.2 Å². The number of aliphatic hydroxyl groups is 1. The average Bonchev–Trinajstić information content (AvgIpc) is 2.62. The van der Waals surface area contributed by atoms with Crippen LogP contribution in [0.5, 0.6) is 11.5 Å². The second kappa shape index (κ2) is 4.19. The Morgan fingerprint density at radius 2 is 1.74 bits per heavy atom. The van der Waals surface area contributed by atoms with Gasteiger partial charge in [0.05, 0.1) is 11.8 Å². The molecule has 0 amide bonds. The van der Waals surface area contributed by atoms with E-state index in [1.165, 1.54) is 6.07 Å². The fourth-order valence-electron chi connectivity index (χ4n) is 2.31. The number of nitrogens with zero attached hydrogens (tertiary/aromatic N) is 1. The van der Waals surface area contributed by atoms with Crippen molar-refractivity contribution in [3.05, 3.63) is 17.9 Å². The molecule has 1 saturated heterocycles. The molecule has 0 spiro atoms. The van der Waals surface area contributed by atoms with E-state index < -0.39 is 18.2 Å². The maximum atomic E-state index is 13.9. The summed E-state index contributed by atoms with van der Waals surface area (Å²) in [6.45, 7) is 0.933. The molecule has 0 radical (unpaired) electrons. The van der Waals surface area contributed by atoms with Crippen molar-refractivity contribution >= 4 is 5.69 Å². The first-order valence-corrected chi connectivity index (χ1v) is 5.97. The molecule has 1 N–H and O–H groups in total. The van der Waals surface area contributed by atoms with Crippen LogP contribution in [0.4, 0.5) is 18.9 Å². The van der Waals surface area contributed by atoms with E-state index in [2.05, 4.69) is 9.47 Å². The van der Waals surface area contributed by atoms with Gasteiger partial charge in [0.2, 0.25) is 0 Å². The molecule has 0 unspecified atom stereocenters. The van der Waals surface area contributed by atoms with Gasteiger partial charge in [-0.3, -0.25) is 0 Å². The monoisotopic (exact) mass is 275 g/mol. The highest BCUT2D eigenvalue weighted by molar-refractivity contribution is 5.58. The molecular weight excluding hydrogens is 263 g/mol. The van der Waals surface area contributed by atoms with Crippen LogP contribution in [0.1, 0.15) is 12.8 Å². The summed E-state index contributed by atoms with van der Waals surface area (Å²) in [7, 11) is 0. The summed E-state index contributed by atoms with van der Waals surface area (Å²) in [5.74, 6) is -1.12. The second-order valence-electron chi connectivity index (χ2n) is 4.64. The molecule has 0 aliphatic carbocycles. The third-order valence-corrected chi connectivity index (χ3v) is 3.28. The summed E-state index contributed by atoms with van der Waals surface area (Å²) >= 11 is 0. The minimum Gasteiger partial charge on any atom is -0.395 e. The lowest BCUT2D eigenvalue weighted by atomic mass is 10.1. The van der Waals surface area contributed by atoms with Gasteiger partial charge in [0.1, 0.15) is 5.82 Å². The van der Waals surface area contributed by atoms with Crippen molar-refractivity contribution in [2.45, 2.75) is 25.2 Å². The first kappa shape index (κ1) is 12.4. The highest BCUT2D eigenvalue weighted by atomic mass is 19.3. The zero-order valence-corrected chi connectivity index (χ0v) is 9.91. The van der Waals surface area contributed by atoms with Gasteiger partial charge in [-0.1, -0.05) is 0 Å². The van der Waals surface area contributed by atoms with Crippen molar-refractivity contribution < 1.29 is 27.8 Å². The molecule has 104 valence electrons. The van der Waals surface area contributed by atoms with Gasteiger partial charge in [0.15, 0.2) is 11.5 Å². The standard InChI is InChI=1S/C12H12F3NO3/c13-8-5-10-11(19-12(14,15)18-10)6-9(8)16-3-1-7(17)2-4-16/h5-7,17H,1-4H2. The molecule has 1 aromatic rings. The third kappa shape index (κ3) is 2.30. The molecule has 3 rings (SSSR count). The van der Waals surface area contributed by atoms with Gasteiger partial charge in [0.25, 0.3) is 0 Å². The number of benzene rings is 1. The van der Waals surface area contributed by atoms with Crippen molar-refractivity contribution in [3.63, 3.8) is 0 Å². The summed E-state index contributed by atoms with van der Waals surface area (Å²) in [5.41, 5.74) is 0.187. The number of alkyl halides is 2. The molecule has 19 heavy (non-hydrogen) atoms. The van der Waals surface area contributed by atoms with E-state index >= 15 is 0 Å². The highest BCUT2D eigenvalue weighted by Crippen LogP contribution is 2.44. The predicted octanol–water partition coefficient (Wildman–Crippen LogP) is 2.11. The SMILES string of the molecule is OC1CCN(c2cc3c(cc2F)OC(F)(F)O3)CC1. The Hall–Kier alpha value is -1.63. The van der Waals surface area contributed by atoms with Gasteiger partial charge < -0.3 is 19.5 Å². The number of anilines is 1. The van der Waals surface area contributed by atoms with Crippen LogP contribution in [0.25, 0.3) is 0 Å². The maximum Gasteiger partial charge on any atom is 0.586 e. The fraction of sp³-hybridized carbons (Fsp3) is 0.500. The van der Waals surface area contributed by atoms with Crippen molar-refractivity contribution in [1.82, 2.24) is 0 Å². The molecule has 1 aromatic carbocycles. The van der Waals surface area contributed by atoms with E-state index in [0.29, 0.717) is 25.9 Å². The topological polar surface area (TPSA) is 41.9 Å². The minimum atomic E-state index is -3.74. The number of ether oxygens (including phenoxy) is 2. The Bertz CT molecular complexity index is 501. The molecule has 0 saturated carbocycles. The van der Waals surface area contributed by atoms with Crippen LogP contribution in [0.2, 0.25) is 0 Å². The summed E-state index contributed by atoms with van der Waals surface area (Å²) in [6.07, 6.45) is -3.10. The Kier molecular flexibility index (Phi) is 2.74. The van der Waals surface area contributed by atoms with Gasteiger partial charge in [-0.2, -0.15) is 0 Å². The van der Waals surface area contributed by atoms with Crippen LogP contribution in [0.3, 0.4) is 0 Å². The Balaban J connectivity index is 1.88. The fourth-order valence-corrected chi connectivity index (χ4v) is 2.31. The van der Waals surface area contributed by atoms with Crippen LogP contribution in [-0.4, -0.2) is 30.6 Å². The average molecular weight is 275 g/mol. The van der Waals surface area contributed by atoms with E-state index in [1.807, 2.05) is 0 Å². The maximum absolute atomic E-state index is 13.9. The molecule has 0 atom stereocenters. The Morgan fingerprint density at radius 1 is 1.16 bits per heavy atom. The van der Waals surface area contributed by atoms with Crippen LogP contribution in [0.15, 0.2) is 12.1 Å². The Morgan fingerprint density at radius 3 is 2.37 bits per heavy atom. The lowest BCUT2D eigenvalue weighted by molar-refractivity contribution is -0.286. The summed E-state index contributed by atoms with van der Waals surface area (Å²) in [5, 5.41) is 9.40. The van der Waals surface area contributed by atoms with Crippen molar-refractivity contribution in [2.24, 2.45) is 0 Å². The van der Waals surface area contributed by atoms with Crippen LogP contribution >= 0.6 is 0 Å². The number of rotatable bonds is 1. The van der Waals surface area contributed by atoms with Crippen LogP contribution in [0, 0.1) is 5.82 Å². The van der Waals surface area contributed by atoms with Gasteiger partial charge in [-0.15, -0.1) is 8.78 Å². The molecule has 7 heteroatoms. The molecule has 1 fully saturated rings. The quantitative estimate of drug-likeness (QED) is 0.852. The highest BCUT2D eigenvalue weighted by Gasteiger charge is 2.44. The summed E-state index contributed by atoms with van der Waals surface area (Å²) < 4.78 is 48.1.